The Balaban J connectivity index is 1.41. The highest BCUT2D eigenvalue weighted by molar-refractivity contribution is 5.79. The number of hydrogen-bond acceptors (Lipinski definition) is 1. The third kappa shape index (κ3) is 2.89. The Hall–Kier alpha value is -1.31. The summed E-state index contributed by atoms with van der Waals surface area (Å²) >= 11 is 0. The van der Waals surface area contributed by atoms with Crippen molar-refractivity contribution in [2.75, 3.05) is 0 Å². The van der Waals surface area contributed by atoms with Crippen molar-refractivity contribution < 1.29 is 4.79 Å². The number of aryl methyl sites for hydroxylation is 2. The van der Waals surface area contributed by atoms with Crippen LogP contribution in [0.25, 0.3) is 0 Å². The zero-order valence-corrected chi connectivity index (χ0v) is 15.4. The fourth-order valence-corrected chi connectivity index (χ4v) is 6.25. The van der Waals surface area contributed by atoms with Gasteiger partial charge in [-0.2, -0.15) is 0 Å². The van der Waals surface area contributed by atoms with Crippen molar-refractivity contribution in [2.24, 2.45) is 23.2 Å². The lowest BCUT2D eigenvalue weighted by molar-refractivity contribution is -0.125. The molecule has 0 saturated heterocycles. The van der Waals surface area contributed by atoms with Gasteiger partial charge < -0.3 is 5.32 Å². The molecule has 2 nitrogen and oxygen atoms in total. The first-order valence-corrected chi connectivity index (χ1v) is 9.79. The number of benzene rings is 1. The van der Waals surface area contributed by atoms with Crippen LogP contribution in [-0.2, 0) is 11.2 Å². The van der Waals surface area contributed by atoms with E-state index in [4.69, 9.17) is 0 Å². The first-order chi connectivity index (χ1) is 11.4. The maximum Gasteiger partial charge on any atom is 0.224 e. The summed E-state index contributed by atoms with van der Waals surface area (Å²) < 4.78 is 0. The zero-order valence-electron chi connectivity index (χ0n) is 15.4. The van der Waals surface area contributed by atoms with Gasteiger partial charge in [-0.3, -0.25) is 4.79 Å². The van der Waals surface area contributed by atoms with Crippen LogP contribution in [0, 0.1) is 37.0 Å². The monoisotopic (exact) mass is 325 g/mol. The Bertz CT molecular complexity index is 612. The van der Waals surface area contributed by atoms with Gasteiger partial charge in [0, 0.05) is 6.04 Å². The van der Waals surface area contributed by atoms with Gasteiger partial charge in [-0.05, 0) is 99.2 Å². The van der Waals surface area contributed by atoms with Crippen molar-refractivity contribution in [1.82, 2.24) is 5.32 Å². The molecule has 0 radical (unpaired) electrons. The van der Waals surface area contributed by atoms with Crippen molar-refractivity contribution in [3.05, 3.63) is 34.9 Å². The molecule has 0 heterocycles. The SMILES string of the molecule is Cc1ccc(CC(=O)NC(C)C23CC4CC(CC(C4)C2)C3)cc1C. The van der Waals surface area contributed by atoms with E-state index in [1.54, 1.807) is 0 Å². The molecule has 1 aromatic carbocycles. The highest BCUT2D eigenvalue weighted by Gasteiger charge is 2.53. The summed E-state index contributed by atoms with van der Waals surface area (Å²) in [5.74, 6) is 3.02. The molecule has 130 valence electrons. The fraction of sp³-hybridized carbons (Fsp3) is 0.682. The summed E-state index contributed by atoms with van der Waals surface area (Å²) in [4.78, 5) is 12.6. The predicted molar refractivity (Wildman–Crippen MR) is 97.8 cm³/mol. The molecule has 0 spiro atoms. The molecule has 0 aliphatic heterocycles. The molecule has 1 N–H and O–H groups in total. The number of nitrogens with one attached hydrogen (secondary N) is 1. The van der Waals surface area contributed by atoms with E-state index in [-0.39, 0.29) is 5.91 Å². The summed E-state index contributed by atoms with van der Waals surface area (Å²) in [6.45, 7) is 6.51. The number of hydrogen-bond donors (Lipinski definition) is 1. The van der Waals surface area contributed by atoms with Crippen LogP contribution in [0.5, 0.6) is 0 Å². The summed E-state index contributed by atoms with van der Waals surface area (Å²) in [5, 5.41) is 3.38. The molecule has 2 heteroatoms. The van der Waals surface area contributed by atoms with Crippen molar-refractivity contribution in [3.63, 3.8) is 0 Å². The van der Waals surface area contributed by atoms with Gasteiger partial charge in [0.25, 0.3) is 0 Å². The molecular formula is C22H31NO. The lowest BCUT2D eigenvalue weighted by atomic mass is 9.48. The van der Waals surface area contributed by atoms with Crippen LogP contribution in [0.1, 0.15) is 62.1 Å². The van der Waals surface area contributed by atoms with Gasteiger partial charge in [0.2, 0.25) is 5.91 Å². The van der Waals surface area contributed by atoms with E-state index >= 15 is 0 Å². The van der Waals surface area contributed by atoms with Crippen molar-refractivity contribution in [3.8, 4) is 0 Å². The standard InChI is InChI=1S/C22H31NO/c1-14-4-5-17(6-15(14)2)10-21(24)23-16(3)22-11-18-7-19(12-22)9-20(8-18)13-22/h4-6,16,18-20H,7-13H2,1-3H3,(H,23,24). The fourth-order valence-electron chi connectivity index (χ4n) is 6.25. The van der Waals surface area contributed by atoms with Crippen LogP contribution in [-0.4, -0.2) is 11.9 Å². The summed E-state index contributed by atoms with van der Waals surface area (Å²) in [5.41, 5.74) is 4.09. The van der Waals surface area contributed by atoms with E-state index in [0.717, 1.165) is 23.3 Å². The molecular weight excluding hydrogens is 294 g/mol. The molecule has 4 aliphatic carbocycles. The molecule has 4 fully saturated rings. The van der Waals surface area contributed by atoms with Gasteiger partial charge in [-0.15, -0.1) is 0 Å². The molecule has 1 aromatic rings. The molecule has 24 heavy (non-hydrogen) atoms. The van der Waals surface area contributed by atoms with Crippen LogP contribution < -0.4 is 5.32 Å². The minimum Gasteiger partial charge on any atom is -0.353 e. The van der Waals surface area contributed by atoms with Crippen LogP contribution in [0.4, 0.5) is 0 Å². The van der Waals surface area contributed by atoms with E-state index in [9.17, 15) is 4.79 Å². The highest BCUT2D eigenvalue weighted by Crippen LogP contribution is 2.61. The van der Waals surface area contributed by atoms with E-state index in [1.807, 2.05) is 0 Å². The first kappa shape index (κ1) is 16.2. The van der Waals surface area contributed by atoms with Gasteiger partial charge in [0.05, 0.1) is 6.42 Å². The Morgan fingerprint density at radius 1 is 1.08 bits per heavy atom. The average Bonchev–Trinajstić information content (AvgIpc) is 2.49. The topological polar surface area (TPSA) is 29.1 Å². The van der Waals surface area contributed by atoms with Gasteiger partial charge in [-0.25, -0.2) is 0 Å². The smallest absolute Gasteiger partial charge is 0.224 e. The quantitative estimate of drug-likeness (QED) is 0.863. The zero-order chi connectivity index (χ0) is 16.9. The van der Waals surface area contributed by atoms with Crippen LogP contribution in [0.3, 0.4) is 0 Å². The van der Waals surface area contributed by atoms with Gasteiger partial charge in [0.1, 0.15) is 0 Å². The second kappa shape index (κ2) is 5.89. The molecule has 1 atom stereocenters. The van der Waals surface area contributed by atoms with E-state index in [1.165, 1.54) is 49.7 Å². The Kier molecular flexibility index (Phi) is 3.97. The Morgan fingerprint density at radius 2 is 1.67 bits per heavy atom. The molecule has 1 amide bonds. The van der Waals surface area contributed by atoms with Gasteiger partial charge >= 0.3 is 0 Å². The highest BCUT2D eigenvalue weighted by atomic mass is 16.1. The summed E-state index contributed by atoms with van der Waals surface area (Å²) in [6, 6.07) is 6.70. The molecule has 4 bridgehead atoms. The van der Waals surface area contributed by atoms with Crippen molar-refractivity contribution >= 4 is 5.91 Å². The van der Waals surface area contributed by atoms with E-state index in [0.29, 0.717) is 17.9 Å². The predicted octanol–water partition coefficient (Wildman–Crippen LogP) is 4.57. The first-order valence-electron chi connectivity index (χ1n) is 9.79. The van der Waals surface area contributed by atoms with Crippen molar-refractivity contribution in [2.45, 2.75) is 71.8 Å². The number of carbonyl (C=O) groups excluding carboxylic acids is 1. The maximum absolute atomic E-state index is 12.6. The second-order valence-electron chi connectivity index (χ2n) is 9.16. The van der Waals surface area contributed by atoms with E-state index < -0.39 is 0 Å². The number of amides is 1. The van der Waals surface area contributed by atoms with E-state index in [2.05, 4.69) is 44.3 Å². The second-order valence-corrected chi connectivity index (χ2v) is 9.16. The Morgan fingerprint density at radius 3 is 2.21 bits per heavy atom. The minimum atomic E-state index is 0.196. The normalized spacial score (nSPS) is 35.0. The lowest BCUT2D eigenvalue weighted by Crippen LogP contribution is -2.56. The molecule has 0 aromatic heterocycles. The molecule has 4 aliphatic rings. The van der Waals surface area contributed by atoms with Crippen LogP contribution >= 0.6 is 0 Å². The van der Waals surface area contributed by atoms with Gasteiger partial charge in [0.15, 0.2) is 0 Å². The largest absolute Gasteiger partial charge is 0.353 e. The van der Waals surface area contributed by atoms with Crippen LogP contribution in [0.15, 0.2) is 18.2 Å². The molecule has 4 saturated carbocycles. The summed E-state index contributed by atoms with van der Waals surface area (Å²) in [6.07, 6.45) is 8.95. The maximum atomic E-state index is 12.6. The lowest BCUT2D eigenvalue weighted by Gasteiger charge is -2.59. The number of rotatable bonds is 4. The van der Waals surface area contributed by atoms with Crippen molar-refractivity contribution in [1.29, 1.82) is 0 Å². The third-order valence-corrected chi connectivity index (χ3v) is 7.32. The third-order valence-electron chi connectivity index (χ3n) is 7.32. The number of carbonyl (C=O) groups is 1. The van der Waals surface area contributed by atoms with Crippen LogP contribution in [0.2, 0.25) is 0 Å². The minimum absolute atomic E-state index is 0.196. The average molecular weight is 325 g/mol. The Labute approximate surface area is 146 Å². The molecule has 1 unspecified atom stereocenters. The molecule has 5 rings (SSSR count). The summed E-state index contributed by atoms with van der Waals surface area (Å²) in [7, 11) is 0. The van der Waals surface area contributed by atoms with Gasteiger partial charge in [-0.1, -0.05) is 18.2 Å².